The van der Waals surface area contributed by atoms with Crippen LogP contribution in [0.1, 0.15) is 22.0 Å². The molecular weight excluding hydrogens is 320 g/mol. The minimum Gasteiger partial charge on any atom is -0.485 e. The molecule has 7 nitrogen and oxygen atoms in total. The smallest absolute Gasteiger partial charge is 0.341 e. The van der Waals surface area contributed by atoms with E-state index in [2.05, 4.69) is 15.5 Å². The molecule has 8 heteroatoms. The van der Waals surface area contributed by atoms with Gasteiger partial charge in [0.05, 0.1) is 7.11 Å². The van der Waals surface area contributed by atoms with Gasteiger partial charge in [-0.2, -0.15) is 0 Å². The predicted molar refractivity (Wildman–Crippen MR) is 85.8 cm³/mol. The lowest BCUT2D eigenvalue weighted by atomic mass is 10.2. The highest BCUT2D eigenvalue weighted by Crippen LogP contribution is 2.24. The molecule has 1 aromatic heterocycles. The molecule has 1 heterocycles. The van der Waals surface area contributed by atoms with Crippen molar-refractivity contribution in [3.05, 3.63) is 40.4 Å². The Morgan fingerprint density at radius 1 is 1.39 bits per heavy atom. The minimum atomic E-state index is -0.504. The van der Waals surface area contributed by atoms with Gasteiger partial charge in [0.1, 0.15) is 23.7 Å². The summed E-state index contributed by atoms with van der Waals surface area (Å²) in [6.07, 6.45) is 0. The van der Waals surface area contributed by atoms with Crippen molar-refractivity contribution in [2.75, 3.05) is 20.7 Å². The quantitative estimate of drug-likeness (QED) is 0.776. The molecule has 124 valence electrons. The molecule has 2 rings (SSSR count). The molecule has 1 N–H and O–H groups in total. The molecule has 23 heavy (non-hydrogen) atoms. The van der Waals surface area contributed by atoms with Crippen LogP contribution in [0.5, 0.6) is 5.75 Å². The first kappa shape index (κ1) is 17.2. The third-order valence-electron chi connectivity index (χ3n) is 3.30. The molecule has 0 saturated carbocycles. The van der Waals surface area contributed by atoms with Gasteiger partial charge in [0.15, 0.2) is 5.82 Å². The number of esters is 1. The molecule has 0 atom stereocenters. The van der Waals surface area contributed by atoms with Crippen LogP contribution in [0.3, 0.4) is 0 Å². The number of aryl methyl sites for hydroxylation is 1. The standard InChI is InChI=1S/C15H19ClN4O3/c1-10-18-19-14(20(10)7-6-17-2)9-23-13-5-4-11(16)8-12(13)15(21)22-3/h4-5,8,17H,6-7,9H2,1-3H3. The molecule has 0 bridgehead atoms. The maximum atomic E-state index is 11.8. The Bertz CT molecular complexity index is 687. The summed E-state index contributed by atoms with van der Waals surface area (Å²) in [7, 11) is 3.19. The molecule has 0 aliphatic rings. The fourth-order valence-electron chi connectivity index (χ4n) is 2.09. The van der Waals surface area contributed by atoms with Gasteiger partial charge >= 0.3 is 5.97 Å². The summed E-state index contributed by atoms with van der Waals surface area (Å²) in [6.45, 7) is 3.60. The minimum absolute atomic E-state index is 0.191. The Morgan fingerprint density at radius 2 is 2.17 bits per heavy atom. The number of carbonyl (C=O) groups excluding carboxylic acids is 1. The summed E-state index contributed by atoms with van der Waals surface area (Å²) in [5.41, 5.74) is 0.276. The number of hydrogen-bond acceptors (Lipinski definition) is 6. The van der Waals surface area contributed by atoms with Gasteiger partial charge in [-0.25, -0.2) is 4.79 Å². The van der Waals surface area contributed by atoms with Crippen LogP contribution in [0.25, 0.3) is 0 Å². The predicted octanol–water partition coefficient (Wildman–Crippen LogP) is 1.82. The number of hydrogen-bond donors (Lipinski definition) is 1. The lowest BCUT2D eigenvalue weighted by molar-refractivity contribution is 0.0595. The van der Waals surface area contributed by atoms with Gasteiger partial charge in [0.25, 0.3) is 0 Å². The number of ether oxygens (including phenoxy) is 2. The highest BCUT2D eigenvalue weighted by Gasteiger charge is 2.15. The number of likely N-dealkylation sites (N-methyl/N-ethyl adjacent to an activating group) is 1. The number of benzene rings is 1. The van der Waals surface area contributed by atoms with Crippen molar-refractivity contribution < 1.29 is 14.3 Å². The van der Waals surface area contributed by atoms with Crippen LogP contribution in [0.15, 0.2) is 18.2 Å². The van der Waals surface area contributed by atoms with Gasteiger partial charge in [-0.3, -0.25) is 0 Å². The van der Waals surface area contributed by atoms with Gasteiger partial charge < -0.3 is 19.4 Å². The van der Waals surface area contributed by atoms with Gasteiger partial charge in [0, 0.05) is 18.1 Å². The van der Waals surface area contributed by atoms with E-state index in [1.165, 1.54) is 13.2 Å². The molecule has 0 aliphatic carbocycles. The SMILES string of the molecule is CNCCn1c(C)nnc1COc1ccc(Cl)cc1C(=O)OC. The van der Waals surface area contributed by atoms with Gasteiger partial charge in [-0.05, 0) is 32.2 Å². The third kappa shape index (κ3) is 4.20. The highest BCUT2D eigenvalue weighted by molar-refractivity contribution is 6.31. The van der Waals surface area contributed by atoms with E-state index in [4.69, 9.17) is 21.1 Å². The fourth-order valence-corrected chi connectivity index (χ4v) is 2.26. The molecule has 0 fully saturated rings. The van der Waals surface area contributed by atoms with E-state index < -0.39 is 5.97 Å². The van der Waals surface area contributed by atoms with E-state index in [-0.39, 0.29) is 12.2 Å². The largest absolute Gasteiger partial charge is 0.485 e. The summed E-state index contributed by atoms with van der Waals surface area (Å²) in [4.78, 5) is 11.8. The number of nitrogens with zero attached hydrogens (tertiary/aromatic N) is 3. The monoisotopic (exact) mass is 338 g/mol. The van der Waals surface area contributed by atoms with Crippen molar-refractivity contribution >= 4 is 17.6 Å². The van der Waals surface area contributed by atoms with Crippen LogP contribution in [0.2, 0.25) is 5.02 Å². The van der Waals surface area contributed by atoms with Gasteiger partial charge in [0.2, 0.25) is 0 Å². The third-order valence-corrected chi connectivity index (χ3v) is 3.54. The molecule has 2 aromatic rings. The maximum absolute atomic E-state index is 11.8. The summed E-state index contributed by atoms with van der Waals surface area (Å²) in [5, 5.41) is 11.7. The maximum Gasteiger partial charge on any atom is 0.341 e. The summed E-state index contributed by atoms with van der Waals surface area (Å²) in [5.74, 6) is 1.38. The van der Waals surface area contributed by atoms with E-state index >= 15 is 0 Å². The van der Waals surface area contributed by atoms with Crippen molar-refractivity contribution in [2.45, 2.75) is 20.1 Å². The molecule has 0 unspecified atom stereocenters. The lowest BCUT2D eigenvalue weighted by Crippen LogP contribution is -2.18. The second-order valence-corrected chi connectivity index (χ2v) is 5.28. The molecule has 0 amide bonds. The van der Waals surface area contributed by atoms with Crippen molar-refractivity contribution in [3.63, 3.8) is 0 Å². The van der Waals surface area contributed by atoms with Crippen LogP contribution >= 0.6 is 11.6 Å². The first-order valence-corrected chi connectivity index (χ1v) is 7.48. The first-order chi connectivity index (χ1) is 11.1. The Labute approximate surface area is 139 Å². The van der Waals surface area contributed by atoms with Crippen LogP contribution in [0.4, 0.5) is 0 Å². The van der Waals surface area contributed by atoms with E-state index in [9.17, 15) is 4.79 Å². The van der Waals surface area contributed by atoms with Gasteiger partial charge in [-0.15, -0.1) is 10.2 Å². The van der Waals surface area contributed by atoms with Crippen molar-refractivity contribution in [1.82, 2.24) is 20.1 Å². The second kappa shape index (κ2) is 7.94. The van der Waals surface area contributed by atoms with Crippen molar-refractivity contribution in [1.29, 1.82) is 0 Å². The molecule has 0 radical (unpaired) electrons. The Balaban J connectivity index is 2.17. The zero-order chi connectivity index (χ0) is 16.8. The molecule has 0 spiro atoms. The normalized spacial score (nSPS) is 10.6. The van der Waals surface area contributed by atoms with E-state index in [1.54, 1.807) is 12.1 Å². The Hall–Kier alpha value is -2.12. The zero-order valence-corrected chi connectivity index (χ0v) is 14.1. The first-order valence-electron chi connectivity index (χ1n) is 7.10. The van der Waals surface area contributed by atoms with E-state index in [0.717, 1.165) is 18.9 Å². The Morgan fingerprint density at radius 3 is 2.87 bits per heavy atom. The second-order valence-electron chi connectivity index (χ2n) is 4.84. The molecule has 0 aliphatic heterocycles. The average molecular weight is 339 g/mol. The summed E-state index contributed by atoms with van der Waals surface area (Å²) < 4.78 is 12.4. The van der Waals surface area contributed by atoms with Crippen molar-refractivity contribution in [2.24, 2.45) is 0 Å². The number of rotatable bonds is 7. The number of methoxy groups -OCH3 is 1. The Kier molecular flexibility index (Phi) is 5.95. The van der Waals surface area contributed by atoms with Crippen LogP contribution in [0, 0.1) is 6.92 Å². The van der Waals surface area contributed by atoms with Gasteiger partial charge in [-0.1, -0.05) is 11.6 Å². The average Bonchev–Trinajstić information content (AvgIpc) is 2.91. The van der Waals surface area contributed by atoms with Crippen LogP contribution in [-0.2, 0) is 17.9 Å². The number of nitrogens with one attached hydrogen (secondary N) is 1. The lowest BCUT2D eigenvalue weighted by Gasteiger charge is -2.12. The molecular formula is C15H19ClN4O3. The van der Waals surface area contributed by atoms with E-state index in [1.807, 2.05) is 18.5 Å². The molecule has 1 aromatic carbocycles. The number of carbonyl (C=O) groups is 1. The van der Waals surface area contributed by atoms with E-state index in [0.29, 0.717) is 16.6 Å². The number of halogens is 1. The van der Waals surface area contributed by atoms with Crippen molar-refractivity contribution in [3.8, 4) is 5.75 Å². The highest BCUT2D eigenvalue weighted by atomic mass is 35.5. The number of aromatic nitrogens is 3. The molecule has 0 saturated heterocycles. The summed E-state index contributed by atoms with van der Waals surface area (Å²) in [6, 6.07) is 4.80. The zero-order valence-electron chi connectivity index (χ0n) is 13.3. The van der Waals surface area contributed by atoms with Crippen LogP contribution < -0.4 is 10.1 Å². The fraction of sp³-hybridized carbons (Fsp3) is 0.400. The topological polar surface area (TPSA) is 78.3 Å². The van der Waals surface area contributed by atoms with Crippen LogP contribution in [-0.4, -0.2) is 41.4 Å². The summed E-state index contributed by atoms with van der Waals surface area (Å²) >= 11 is 5.92.